The third-order valence-corrected chi connectivity index (χ3v) is 8.28. The van der Waals surface area contributed by atoms with Crippen LogP contribution in [0, 0.1) is 11.8 Å². The van der Waals surface area contributed by atoms with Crippen LogP contribution >= 0.6 is 0 Å². The minimum Gasteiger partial charge on any atom is -0.304 e. The lowest BCUT2D eigenvalue weighted by molar-refractivity contribution is 0.298. The van der Waals surface area contributed by atoms with Crippen LogP contribution < -0.4 is 0 Å². The molecule has 0 bridgehead atoms. The van der Waals surface area contributed by atoms with Crippen LogP contribution in [-0.4, -0.2) is 38.7 Å². The fourth-order valence-corrected chi connectivity index (χ4v) is 7.17. The highest BCUT2D eigenvalue weighted by molar-refractivity contribution is 6.58. The Morgan fingerprint density at radius 2 is 1.33 bits per heavy atom. The molecule has 0 saturated heterocycles. The highest BCUT2D eigenvalue weighted by Gasteiger charge is 2.19. The molecule has 2 heteroatoms. The van der Waals surface area contributed by atoms with Gasteiger partial charge in [-0.05, 0) is 26.1 Å². The first-order valence-electron chi connectivity index (χ1n) is 8.21. The molecule has 0 N–H and O–H groups in total. The maximum atomic E-state index is 2.56. The molecular weight excluding hydrogens is 233 g/mol. The van der Waals surface area contributed by atoms with Crippen LogP contribution in [0.3, 0.4) is 0 Å². The highest BCUT2D eigenvalue weighted by Crippen LogP contribution is 2.19. The van der Waals surface area contributed by atoms with E-state index in [1.54, 1.807) is 15.8 Å². The molecule has 0 aromatic heterocycles. The second kappa shape index (κ2) is 11.3. The van der Waals surface area contributed by atoms with Crippen LogP contribution in [0.5, 0.6) is 0 Å². The second-order valence-corrected chi connectivity index (χ2v) is 9.90. The van der Waals surface area contributed by atoms with Crippen molar-refractivity contribution in [1.82, 2.24) is 4.90 Å². The fraction of sp³-hybridized carbons (Fsp3) is 1.00. The molecule has 0 aromatic rings. The van der Waals surface area contributed by atoms with Gasteiger partial charge in [-0.2, -0.15) is 0 Å². The molecule has 0 amide bonds. The molecule has 18 heavy (non-hydrogen) atoms. The van der Waals surface area contributed by atoms with Crippen LogP contribution in [0.4, 0.5) is 0 Å². The summed E-state index contributed by atoms with van der Waals surface area (Å²) < 4.78 is 0. The lowest BCUT2D eigenvalue weighted by Crippen LogP contribution is -2.24. The van der Waals surface area contributed by atoms with Crippen molar-refractivity contribution >= 4 is 14.1 Å². The predicted octanol–water partition coefficient (Wildman–Crippen LogP) is 4.92. The summed E-state index contributed by atoms with van der Waals surface area (Å²) in [4.78, 5) is 2.56. The van der Waals surface area contributed by atoms with Gasteiger partial charge in [0.2, 0.25) is 0 Å². The number of hydrogen-bond acceptors (Lipinski definition) is 1. The van der Waals surface area contributed by atoms with Crippen molar-refractivity contribution in [3.8, 4) is 0 Å². The zero-order chi connectivity index (χ0) is 14.0. The molecule has 0 unspecified atom stereocenters. The van der Waals surface area contributed by atoms with E-state index in [-0.39, 0.29) is 0 Å². The average molecular weight is 269 g/mol. The summed E-state index contributed by atoms with van der Waals surface area (Å²) in [6, 6.07) is 0. The summed E-state index contributed by atoms with van der Waals surface area (Å²) >= 11 is -0.449. The Kier molecular flexibility index (Phi) is 11.6. The summed E-state index contributed by atoms with van der Waals surface area (Å²) in [6.45, 7) is 17.9. The Morgan fingerprint density at radius 3 is 1.72 bits per heavy atom. The summed E-state index contributed by atoms with van der Waals surface area (Å²) in [7, 11) is 0. The molecule has 0 atom stereocenters. The molecule has 0 rings (SSSR count). The zero-order valence-electron chi connectivity index (χ0n) is 13.8. The summed E-state index contributed by atoms with van der Waals surface area (Å²) in [5.41, 5.74) is 0. The maximum absolute atomic E-state index is 2.56. The van der Waals surface area contributed by atoms with E-state index < -0.39 is 14.1 Å². The normalized spacial score (nSPS) is 11.8. The number of rotatable bonds is 11. The Balaban J connectivity index is 3.81. The predicted molar refractivity (Wildman–Crippen MR) is 86.9 cm³/mol. The largest absolute Gasteiger partial charge is 0.304 e. The Hall–Kier alpha value is 0.492. The van der Waals surface area contributed by atoms with Gasteiger partial charge in [0.25, 0.3) is 14.1 Å². The average Bonchev–Trinajstić information content (AvgIpc) is 2.27. The Bertz CT molecular complexity index is 166. The van der Waals surface area contributed by atoms with Gasteiger partial charge in [-0.1, -0.05) is 75.6 Å². The lowest BCUT2D eigenvalue weighted by atomic mass is 10.3. The smallest absolute Gasteiger partial charge is 0.262 e. The quantitative estimate of drug-likeness (QED) is 0.380. The van der Waals surface area contributed by atoms with Crippen LogP contribution in [0.2, 0.25) is 15.8 Å². The third-order valence-electron chi connectivity index (χ3n) is 3.84. The van der Waals surface area contributed by atoms with Crippen molar-refractivity contribution in [2.45, 2.75) is 70.2 Å². The van der Waals surface area contributed by atoms with Gasteiger partial charge in [0.1, 0.15) is 0 Å². The molecule has 0 fully saturated rings. The molecule has 0 heterocycles. The van der Waals surface area contributed by atoms with Crippen molar-refractivity contribution in [2.24, 2.45) is 11.8 Å². The van der Waals surface area contributed by atoms with Crippen LogP contribution in [0.1, 0.15) is 54.4 Å². The molecule has 0 radical (unpaired) electrons. The standard InChI is InChI=1S/C8H18N.2C4H9.Al/c1-4-7-8-9(5-2)6-3;2*1-4(2)3;/h1,4-8H2,2-3H3;2*4H,1H2,2-3H3;. The van der Waals surface area contributed by atoms with Gasteiger partial charge in [0.15, 0.2) is 0 Å². The molecule has 0 aromatic carbocycles. The minimum atomic E-state index is -0.449. The molecule has 0 spiro atoms. The first kappa shape index (κ1) is 18.5. The molecule has 0 aliphatic heterocycles. The van der Waals surface area contributed by atoms with E-state index in [0.717, 1.165) is 11.8 Å². The first-order chi connectivity index (χ1) is 8.49. The summed E-state index contributed by atoms with van der Waals surface area (Å²) in [6.07, 6.45) is 2.90. The van der Waals surface area contributed by atoms with Crippen LogP contribution in [-0.2, 0) is 0 Å². The lowest BCUT2D eigenvalue weighted by Gasteiger charge is -2.19. The minimum absolute atomic E-state index is 0.449. The third kappa shape index (κ3) is 10.4. The molecule has 1 nitrogen and oxygen atoms in total. The van der Waals surface area contributed by atoms with E-state index in [4.69, 9.17) is 0 Å². The summed E-state index contributed by atoms with van der Waals surface area (Å²) in [5, 5.41) is 4.70. The molecule has 0 aliphatic carbocycles. The van der Waals surface area contributed by atoms with Crippen molar-refractivity contribution in [1.29, 1.82) is 0 Å². The molecular formula is C16H36AlN. The van der Waals surface area contributed by atoms with Crippen LogP contribution in [0.25, 0.3) is 0 Å². The highest BCUT2D eigenvalue weighted by atomic mass is 27.2. The van der Waals surface area contributed by atoms with Crippen molar-refractivity contribution in [3.05, 3.63) is 0 Å². The van der Waals surface area contributed by atoms with Crippen molar-refractivity contribution < 1.29 is 0 Å². The SMILES string of the molecule is CCN(CC)CCC[CH2][Al]([CH2]C(C)C)[CH2]C(C)C. The Labute approximate surface area is 121 Å². The zero-order valence-corrected chi connectivity index (χ0v) is 15.0. The number of unbranched alkanes of at least 4 members (excludes halogenated alkanes) is 1. The number of hydrogen-bond donors (Lipinski definition) is 0. The van der Waals surface area contributed by atoms with E-state index in [1.165, 1.54) is 32.5 Å². The van der Waals surface area contributed by atoms with Gasteiger partial charge >= 0.3 is 0 Å². The molecule has 108 valence electrons. The van der Waals surface area contributed by atoms with Crippen molar-refractivity contribution in [3.63, 3.8) is 0 Å². The molecule has 0 saturated carbocycles. The second-order valence-electron chi connectivity index (χ2n) is 6.65. The van der Waals surface area contributed by atoms with Gasteiger partial charge in [-0.3, -0.25) is 0 Å². The number of nitrogens with zero attached hydrogens (tertiary/aromatic N) is 1. The van der Waals surface area contributed by atoms with Crippen LogP contribution in [0.15, 0.2) is 0 Å². The van der Waals surface area contributed by atoms with Gasteiger partial charge in [0.05, 0.1) is 0 Å². The van der Waals surface area contributed by atoms with E-state index >= 15 is 0 Å². The van der Waals surface area contributed by atoms with Crippen molar-refractivity contribution in [2.75, 3.05) is 19.6 Å². The Morgan fingerprint density at radius 1 is 0.833 bits per heavy atom. The molecule has 0 aliphatic rings. The van der Waals surface area contributed by atoms with E-state index in [2.05, 4.69) is 46.4 Å². The van der Waals surface area contributed by atoms with Gasteiger partial charge in [-0.15, -0.1) is 0 Å². The van der Waals surface area contributed by atoms with Gasteiger partial charge in [-0.25, -0.2) is 0 Å². The van der Waals surface area contributed by atoms with Gasteiger partial charge in [0, 0.05) is 0 Å². The van der Waals surface area contributed by atoms with Gasteiger partial charge < -0.3 is 4.90 Å². The summed E-state index contributed by atoms with van der Waals surface area (Å²) in [5.74, 6) is 1.84. The monoisotopic (exact) mass is 269 g/mol. The fourth-order valence-electron chi connectivity index (χ4n) is 2.97. The maximum Gasteiger partial charge on any atom is 0.262 e. The van der Waals surface area contributed by atoms with E-state index in [9.17, 15) is 0 Å². The first-order valence-corrected chi connectivity index (χ1v) is 10.7. The van der Waals surface area contributed by atoms with E-state index in [1.807, 2.05) is 0 Å². The topological polar surface area (TPSA) is 3.24 Å². The van der Waals surface area contributed by atoms with E-state index in [0.29, 0.717) is 0 Å².